The standard InChI is InChI=1S/C21H20N2/c1-2-23-15-17(19-11-5-6-13-21(19)23)14-22-20-12-7-9-16-8-3-4-10-18(16)20/h3-13,15,22H,2,14H2,1H3. The molecule has 0 amide bonds. The van der Waals surface area contributed by atoms with Crippen molar-refractivity contribution in [2.24, 2.45) is 0 Å². The molecule has 4 aromatic rings. The number of para-hydroxylation sites is 1. The summed E-state index contributed by atoms with van der Waals surface area (Å²) in [5.74, 6) is 0. The second-order valence-corrected chi connectivity index (χ2v) is 5.84. The highest BCUT2D eigenvalue weighted by Crippen LogP contribution is 2.26. The number of hydrogen-bond acceptors (Lipinski definition) is 1. The van der Waals surface area contributed by atoms with Crippen molar-refractivity contribution >= 4 is 27.4 Å². The Morgan fingerprint density at radius 1 is 0.826 bits per heavy atom. The summed E-state index contributed by atoms with van der Waals surface area (Å²) in [4.78, 5) is 0. The van der Waals surface area contributed by atoms with Gasteiger partial charge in [-0.2, -0.15) is 0 Å². The maximum absolute atomic E-state index is 3.62. The van der Waals surface area contributed by atoms with Crippen molar-refractivity contribution in [1.29, 1.82) is 0 Å². The van der Waals surface area contributed by atoms with Gasteiger partial charge in [0.25, 0.3) is 0 Å². The van der Waals surface area contributed by atoms with E-state index in [1.807, 2.05) is 0 Å². The van der Waals surface area contributed by atoms with Crippen LogP contribution in [0, 0.1) is 0 Å². The minimum Gasteiger partial charge on any atom is -0.380 e. The van der Waals surface area contributed by atoms with Crippen LogP contribution < -0.4 is 5.32 Å². The molecule has 0 atom stereocenters. The number of aryl methyl sites for hydroxylation is 1. The van der Waals surface area contributed by atoms with Gasteiger partial charge in [0.15, 0.2) is 0 Å². The fourth-order valence-corrected chi connectivity index (χ4v) is 3.30. The number of benzene rings is 3. The largest absolute Gasteiger partial charge is 0.380 e. The molecular formula is C21H20N2. The van der Waals surface area contributed by atoms with Gasteiger partial charge in [-0.05, 0) is 30.0 Å². The quantitative estimate of drug-likeness (QED) is 0.532. The number of aromatic nitrogens is 1. The number of fused-ring (bicyclic) bond motifs is 2. The Labute approximate surface area is 136 Å². The monoisotopic (exact) mass is 300 g/mol. The van der Waals surface area contributed by atoms with Crippen molar-refractivity contribution in [2.75, 3.05) is 5.32 Å². The average molecular weight is 300 g/mol. The average Bonchev–Trinajstić information content (AvgIpc) is 2.98. The molecule has 4 rings (SSSR count). The van der Waals surface area contributed by atoms with Crippen molar-refractivity contribution in [3.05, 3.63) is 78.5 Å². The summed E-state index contributed by atoms with van der Waals surface area (Å²) in [6, 6.07) is 23.6. The third-order valence-corrected chi connectivity index (χ3v) is 4.47. The van der Waals surface area contributed by atoms with Gasteiger partial charge in [-0.25, -0.2) is 0 Å². The summed E-state index contributed by atoms with van der Waals surface area (Å²) >= 11 is 0. The van der Waals surface area contributed by atoms with Crippen LogP contribution in [0.15, 0.2) is 72.9 Å². The molecule has 23 heavy (non-hydrogen) atoms. The van der Waals surface area contributed by atoms with E-state index in [4.69, 9.17) is 0 Å². The van der Waals surface area contributed by atoms with E-state index in [1.54, 1.807) is 0 Å². The van der Waals surface area contributed by atoms with E-state index in [2.05, 4.69) is 89.7 Å². The van der Waals surface area contributed by atoms with E-state index in [1.165, 1.54) is 32.9 Å². The number of nitrogens with zero attached hydrogens (tertiary/aromatic N) is 1. The van der Waals surface area contributed by atoms with Crippen LogP contribution in [0.2, 0.25) is 0 Å². The first-order chi connectivity index (χ1) is 11.4. The minimum atomic E-state index is 0.835. The predicted molar refractivity (Wildman–Crippen MR) is 98.9 cm³/mol. The minimum absolute atomic E-state index is 0.835. The smallest absolute Gasteiger partial charge is 0.0483 e. The van der Waals surface area contributed by atoms with Gasteiger partial charge in [0.1, 0.15) is 0 Å². The first-order valence-electron chi connectivity index (χ1n) is 8.15. The molecular weight excluding hydrogens is 280 g/mol. The second kappa shape index (κ2) is 5.81. The molecule has 0 radical (unpaired) electrons. The predicted octanol–water partition coefficient (Wildman–Crippen LogP) is 5.43. The normalized spacial score (nSPS) is 11.2. The van der Waals surface area contributed by atoms with Crippen LogP contribution in [0.3, 0.4) is 0 Å². The summed E-state index contributed by atoms with van der Waals surface area (Å²) in [7, 11) is 0. The molecule has 0 aliphatic heterocycles. The van der Waals surface area contributed by atoms with E-state index in [0.717, 1.165) is 13.1 Å². The zero-order chi connectivity index (χ0) is 15.6. The molecule has 114 valence electrons. The molecule has 3 aromatic carbocycles. The topological polar surface area (TPSA) is 17.0 Å². The highest BCUT2D eigenvalue weighted by molar-refractivity contribution is 5.94. The first-order valence-corrected chi connectivity index (χ1v) is 8.15. The summed E-state index contributed by atoms with van der Waals surface area (Å²) < 4.78 is 2.31. The number of hydrogen-bond donors (Lipinski definition) is 1. The Balaban J connectivity index is 1.69. The Bertz CT molecular complexity index is 961. The maximum atomic E-state index is 3.62. The first kappa shape index (κ1) is 13.9. The van der Waals surface area contributed by atoms with Gasteiger partial charge in [-0.1, -0.05) is 54.6 Å². The number of anilines is 1. The fourth-order valence-electron chi connectivity index (χ4n) is 3.30. The third-order valence-electron chi connectivity index (χ3n) is 4.47. The SMILES string of the molecule is CCn1cc(CNc2cccc3ccccc23)c2ccccc21. The molecule has 2 heteroatoms. The van der Waals surface area contributed by atoms with Crippen LogP contribution in [-0.4, -0.2) is 4.57 Å². The molecule has 0 spiro atoms. The second-order valence-electron chi connectivity index (χ2n) is 5.84. The van der Waals surface area contributed by atoms with Gasteiger partial charge in [0.05, 0.1) is 0 Å². The van der Waals surface area contributed by atoms with Gasteiger partial charge in [0, 0.05) is 41.3 Å². The highest BCUT2D eigenvalue weighted by Gasteiger charge is 2.07. The molecule has 0 unspecified atom stereocenters. The van der Waals surface area contributed by atoms with Gasteiger partial charge < -0.3 is 9.88 Å². The lowest BCUT2D eigenvalue weighted by molar-refractivity contribution is 0.793. The Hall–Kier alpha value is -2.74. The van der Waals surface area contributed by atoms with Crippen molar-refractivity contribution in [2.45, 2.75) is 20.0 Å². The van der Waals surface area contributed by atoms with E-state index in [-0.39, 0.29) is 0 Å². The lowest BCUT2D eigenvalue weighted by Gasteiger charge is -2.09. The van der Waals surface area contributed by atoms with Crippen molar-refractivity contribution in [3.63, 3.8) is 0 Å². The van der Waals surface area contributed by atoms with Crippen LogP contribution in [0.25, 0.3) is 21.7 Å². The van der Waals surface area contributed by atoms with E-state index < -0.39 is 0 Å². The summed E-state index contributed by atoms with van der Waals surface area (Å²) in [6.45, 7) is 4.02. The zero-order valence-corrected chi connectivity index (χ0v) is 13.3. The molecule has 0 saturated carbocycles. The van der Waals surface area contributed by atoms with Crippen molar-refractivity contribution in [1.82, 2.24) is 4.57 Å². The molecule has 0 fully saturated rings. The maximum Gasteiger partial charge on any atom is 0.0483 e. The zero-order valence-electron chi connectivity index (χ0n) is 13.3. The molecule has 0 aliphatic carbocycles. The Morgan fingerprint density at radius 2 is 1.57 bits per heavy atom. The van der Waals surface area contributed by atoms with Gasteiger partial charge in [0.2, 0.25) is 0 Å². The van der Waals surface area contributed by atoms with Crippen molar-refractivity contribution in [3.8, 4) is 0 Å². The summed E-state index contributed by atoms with van der Waals surface area (Å²) in [6.07, 6.45) is 2.27. The Morgan fingerprint density at radius 3 is 2.43 bits per heavy atom. The van der Waals surface area contributed by atoms with E-state index >= 15 is 0 Å². The molecule has 1 N–H and O–H groups in total. The number of nitrogens with one attached hydrogen (secondary N) is 1. The van der Waals surface area contributed by atoms with Crippen LogP contribution in [0.1, 0.15) is 12.5 Å². The van der Waals surface area contributed by atoms with Crippen LogP contribution >= 0.6 is 0 Å². The Kier molecular flexibility index (Phi) is 3.51. The highest BCUT2D eigenvalue weighted by atomic mass is 15.0. The van der Waals surface area contributed by atoms with Crippen LogP contribution in [0.4, 0.5) is 5.69 Å². The summed E-state index contributed by atoms with van der Waals surface area (Å²) in [5, 5.41) is 7.50. The van der Waals surface area contributed by atoms with Crippen molar-refractivity contribution < 1.29 is 0 Å². The van der Waals surface area contributed by atoms with E-state index in [9.17, 15) is 0 Å². The number of rotatable bonds is 4. The fraction of sp³-hybridized carbons (Fsp3) is 0.143. The molecule has 1 aromatic heterocycles. The summed E-state index contributed by atoms with van der Waals surface area (Å²) in [5.41, 5.74) is 3.84. The van der Waals surface area contributed by atoms with Crippen LogP contribution in [0.5, 0.6) is 0 Å². The molecule has 2 nitrogen and oxygen atoms in total. The lowest BCUT2D eigenvalue weighted by Crippen LogP contribution is -1.99. The van der Waals surface area contributed by atoms with Gasteiger partial charge in [-0.3, -0.25) is 0 Å². The lowest BCUT2D eigenvalue weighted by atomic mass is 10.1. The third kappa shape index (κ3) is 2.46. The van der Waals surface area contributed by atoms with Crippen LogP contribution in [-0.2, 0) is 13.1 Å². The van der Waals surface area contributed by atoms with Gasteiger partial charge in [-0.15, -0.1) is 0 Å². The molecule has 0 aliphatic rings. The molecule has 0 bridgehead atoms. The van der Waals surface area contributed by atoms with E-state index in [0.29, 0.717) is 0 Å². The molecule has 0 saturated heterocycles. The molecule has 1 heterocycles. The van der Waals surface area contributed by atoms with Gasteiger partial charge >= 0.3 is 0 Å².